The minimum atomic E-state index is -0.389. The lowest BCUT2D eigenvalue weighted by Crippen LogP contribution is -2.22. The topological polar surface area (TPSA) is 99.0 Å². The molecule has 0 saturated heterocycles. The van der Waals surface area contributed by atoms with E-state index in [1.54, 1.807) is 19.3 Å². The zero-order chi connectivity index (χ0) is 18.7. The Labute approximate surface area is 155 Å². The summed E-state index contributed by atoms with van der Waals surface area (Å²) in [5.41, 5.74) is 0.709. The standard InChI is InChI=1S/C17H21N5O3S/c1-10(2)15-19-20-17(22(15)9-13-6-5-7-24-13)26-12(4)16(23)18-14-8-11(3)21-25-14/h5-8,10,12H,9H2,1-4H3,(H,18,23). The zero-order valence-electron chi connectivity index (χ0n) is 15.1. The molecule has 3 aromatic heterocycles. The second-order valence-corrected chi connectivity index (χ2v) is 7.55. The first-order valence-corrected chi connectivity index (χ1v) is 9.18. The van der Waals surface area contributed by atoms with Gasteiger partial charge in [-0.2, -0.15) is 0 Å². The molecule has 0 aliphatic carbocycles. The number of aryl methyl sites for hydroxylation is 1. The van der Waals surface area contributed by atoms with Gasteiger partial charge in [0.15, 0.2) is 5.16 Å². The molecule has 0 aromatic carbocycles. The highest BCUT2D eigenvalue weighted by molar-refractivity contribution is 8.00. The number of rotatable bonds is 7. The second kappa shape index (κ2) is 7.77. The first-order valence-electron chi connectivity index (χ1n) is 8.30. The zero-order valence-corrected chi connectivity index (χ0v) is 15.9. The third-order valence-corrected chi connectivity index (χ3v) is 4.76. The van der Waals surface area contributed by atoms with E-state index in [4.69, 9.17) is 8.94 Å². The molecule has 0 bridgehead atoms. The van der Waals surface area contributed by atoms with Crippen molar-refractivity contribution in [3.8, 4) is 0 Å². The monoisotopic (exact) mass is 375 g/mol. The summed E-state index contributed by atoms with van der Waals surface area (Å²) in [5, 5.41) is 15.3. The van der Waals surface area contributed by atoms with Crippen LogP contribution in [0.1, 0.15) is 44.0 Å². The number of nitrogens with one attached hydrogen (secondary N) is 1. The van der Waals surface area contributed by atoms with Gasteiger partial charge in [-0.05, 0) is 26.0 Å². The highest BCUT2D eigenvalue weighted by Gasteiger charge is 2.22. The molecule has 0 aliphatic heterocycles. The van der Waals surface area contributed by atoms with Gasteiger partial charge in [0, 0.05) is 12.0 Å². The van der Waals surface area contributed by atoms with Crippen molar-refractivity contribution >= 4 is 23.6 Å². The molecule has 3 heterocycles. The first-order chi connectivity index (χ1) is 12.4. The summed E-state index contributed by atoms with van der Waals surface area (Å²) in [6.45, 7) is 8.23. The van der Waals surface area contributed by atoms with Gasteiger partial charge >= 0.3 is 0 Å². The van der Waals surface area contributed by atoms with Crippen LogP contribution >= 0.6 is 11.8 Å². The van der Waals surface area contributed by atoms with Crippen molar-refractivity contribution in [3.63, 3.8) is 0 Å². The molecule has 0 fully saturated rings. The number of anilines is 1. The van der Waals surface area contributed by atoms with Crippen molar-refractivity contribution in [2.24, 2.45) is 0 Å². The molecular weight excluding hydrogens is 354 g/mol. The van der Waals surface area contributed by atoms with E-state index >= 15 is 0 Å². The summed E-state index contributed by atoms with van der Waals surface area (Å²) in [5.74, 6) is 2.00. The van der Waals surface area contributed by atoms with E-state index < -0.39 is 0 Å². The van der Waals surface area contributed by atoms with Crippen molar-refractivity contribution in [2.45, 2.75) is 50.6 Å². The molecule has 138 valence electrons. The fourth-order valence-electron chi connectivity index (χ4n) is 2.38. The molecule has 0 aliphatic rings. The highest BCUT2D eigenvalue weighted by atomic mass is 32.2. The van der Waals surface area contributed by atoms with Gasteiger partial charge in [0.25, 0.3) is 0 Å². The maximum absolute atomic E-state index is 12.4. The fourth-order valence-corrected chi connectivity index (χ4v) is 3.23. The summed E-state index contributed by atoms with van der Waals surface area (Å²) in [7, 11) is 0. The Balaban J connectivity index is 1.74. The third kappa shape index (κ3) is 4.16. The predicted octanol–water partition coefficient (Wildman–Crippen LogP) is 3.46. The number of amides is 1. The average molecular weight is 375 g/mol. The lowest BCUT2D eigenvalue weighted by atomic mass is 10.2. The van der Waals surface area contributed by atoms with Gasteiger partial charge in [0.05, 0.1) is 23.8 Å². The van der Waals surface area contributed by atoms with Crippen LogP contribution in [-0.2, 0) is 11.3 Å². The summed E-state index contributed by atoms with van der Waals surface area (Å²) in [6, 6.07) is 5.42. The van der Waals surface area contributed by atoms with Crippen molar-refractivity contribution in [3.05, 3.63) is 41.7 Å². The first kappa shape index (κ1) is 18.2. The number of carbonyl (C=O) groups excluding carboxylic acids is 1. The van der Waals surface area contributed by atoms with E-state index in [2.05, 4.69) is 34.5 Å². The number of thioether (sulfide) groups is 1. The Hall–Kier alpha value is -2.55. The molecule has 3 rings (SSSR count). The lowest BCUT2D eigenvalue weighted by Gasteiger charge is -2.13. The van der Waals surface area contributed by atoms with Crippen LogP contribution in [0.4, 0.5) is 5.88 Å². The maximum atomic E-state index is 12.4. The Morgan fingerprint density at radius 3 is 2.77 bits per heavy atom. The molecule has 8 nitrogen and oxygen atoms in total. The molecule has 0 radical (unpaired) electrons. The van der Waals surface area contributed by atoms with Crippen LogP contribution in [0.25, 0.3) is 0 Å². The van der Waals surface area contributed by atoms with E-state index in [1.165, 1.54) is 11.8 Å². The third-order valence-electron chi connectivity index (χ3n) is 3.68. The van der Waals surface area contributed by atoms with Crippen molar-refractivity contribution in [1.82, 2.24) is 19.9 Å². The summed E-state index contributed by atoms with van der Waals surface area (Å²) in [6.07, 6.45) is 1.64. The van der Waals surface area contributed by atoms with Crippen LogP contribution < -0.4 is 5.32 Å². The Morgan fingerprint density at radius 2 is 2.15 bits per heavy atom. The van der Waals surface area contributed by atoms with Crippen LogP contribution in [-0.4, -0.2) is 31.1 Å². The minimum Gasteiger partial charge on any atom is -0.467 e. The Kier molecular flexibility index (Phi) is 5.46. The van der Waals surface area contributed by atoms with Crippen molar-refractivity contribution in [2.75, 3.05) is 5.32 Å². The van der Waals surface area contributed by atoms with Gasteiger partial charge in [-0.3, -0.25) is 14.7 Å². The number of furan rings is 1. The molecule has 3 aromatic rings. The molecule has 1 N–H and O–H groups in total. The average Bonchev–Trinajstić information content (AvgIpc) is 3.31. The number of nitrogens with zero attached hydrogens (tertiary/aromatic N) is 4. The minimum absolute atomic E-state index is 0.190. The second-order valence-electron chi connectivity index (χ2n) is 6.24. The predicted molar refractivity (Wildman–Crippen MR) is 97.1 cm³/mol. The van der Waals surface area contributed by atoms with E-state index in [-0.39, 0.29) is 17.1 Å². The SMILES string of the molecule is Cc1cc(NC(=O)C(C)Sc2nnc(C(C)C)n2Cc2ccco2)on1. The molecule has 0 spiro atoms. The van der Waals surface area contributed by atoms with Crippen LogP contribution in [0.5, 0.6) is 0 Å². The van der Waals surface area contributed by atoms with Gasteiger partial charge in [-0.15, -0.1) is 10.2 Å². The van der Waals surface area contributed by atoms with Crippen molar-refractivity contribution < 1.29 is 13.7 Å². The van der Waals surface area contributed by atoms with Gasteiger partial charge < -0.3 is 8.94 Å². The highest BCUT2D eigenvalue weighted by Crippen LogP contribution is 2.27. The molecule has 1 amide bonds. The molecular formula is C17H21N5O3S. The fraction of sp³-hybridized carbons (Fsp3) is 0.412. The van der Waals surface area contributed by atoms with Crippen LogP contribution in [0.2, 0.25) is 0 Å². The molecule has 1 atom stereocenters. The summed E-state index contributed by atoms with van der Waals surface area (Å²) in [4.78, 5) is 12.4. The van der Waals surface area contributed by atoms with E-state index in [1.807, 2.05) is 23.6 Å². The molecule has 1 unspecified atom stereocenters. The quantitative estimate of drug-likeness (QED) is 0.631. The normalized spacial score (nSPS) is 12.5. The van der Waals surface area contributed by atoms with E-state index in [9.17, 15) is 4.79 Å². The van der Waals surface area contributed by atoms with E-state index in [0.717, 1.165) is 11.6 Å². The maximum Gasteiger partial charge on any atom is 0.240 e. The Morgan fingerprint density at radius 1 is 1.35 bits per heavy atom. The van der Waals surface area contributed by atoms with Gasteiger partial charge in [0.2, 0.25) is 11.8 Å². The van der Waals surface area contributed by atoms with Crippen LogP contribution in [0, 0.1) is 6.92 Å². The lowest BCUT2D eigenvalue weighted by molar-refractivity contribution is -0.115. The molecule has 0 saturated carbocycles. The van der Waals surface area contributed by atoms with Crippen molar-refractivity contribution in [1.29, 1.82) is 0 Å². The summed E-state index contributed by atoms with van der Waals surface area (Å²) >= 11 is 1.34. The van der Waals surface area contributed by atoms with Crippen LogP contribution in [0.3, 0.4) is 0 Å². The summed E-state index contributed by atoms with van der Waals surface area (Å²) < 4.78 is 12.5. The Bertz CT molecular complexity index is 869. The largest absolute Gasteiger partial charge is 0.467 e. The number of carbonyl (C=O) groups is 1. The molecule has 26 heavy (non-hydrogen) atoms. The smallest absolute Gasteiger partial charge is 0.240 e. The van der Waals surface area contributed by atoms with E-state index in [0.29, 0.717) is 23.3 Å². The van der Waals surface area contributed by atoms with Crippen LogP contribution in [0.15, 0.2) is 38.6 Å². The van der Waals surface area contributed by atoms with Gasteiger partial charge in [-0.1, -0.05) is 30.8 Å². The van der Waals surface area contributed by atoms with Gasteiger partial charge in [0.1, 0.15) is 11.6 Å². The van der Waals surface area contributed by atoms with Gasteiger partial charge in [-0.25, -0.2) is 0 Å². The number of hydrogen-bond acceptors (Lipinski definition) is 7. The molecule has 9 heteroatoms. The number of aromatic nitrogens is 4. The number of hydrogen-bond donors (Lipinski definition) is 1.